The van der Waals surface area contributed by atoms with Crippen LogP contribution in [0.2, 0.25) is 0 Å². The van der Waals surface area contributed by atoms with Crippen molar-refractivity contribution < 1.29 is 27.2 Å². The molecule has 0 atom stereocenters. The van der Waals surface area contributed by atoms with Gasteiger partial charge in [-0.25, -0.2) is 14.1 Å². The minimum Gasteiger partial charge on any atom is -0.355 e. The number of amides is 3. The van der Waals surface area contributed by atoms with Crippen LogP contribution >= 0.6 is 0 Å². The zero-order valence-electron chi connectivity index (χ0n) is 19.2. The van der Waals surface area contributed by atoms with Gasteiger partial charge in [0.2, 0.25) is 0 Å². The number of benzene rings is 3. The number of urea groups is 1. The Morgan fingerprint density at radius 3 is 2.33 bits per heavy atom. The highest BCUT2D eigenvalue weighted by Gasteiger charge is 2.52. The third-order valence-electron chi connectivity index (χ3n) is 5.96. The molecule has 0 aliphatic carbocycles. The lowest BCUT2D eigenvalue weighted by atomic mass is 10.0. The number of hydrogen-bond donors (Lipinski definition) is 1. The quantitative estimate of drug-likeness (QED) is 0.337. The van der Waals surface area contributed by atoms with E-state index in [2.05, 4.69) is 5.32 Å². The van der Waals surface area contributed by atoms with Gasteiger partial charge >= 0.3 is 12.2 Å². The summed E-state index contributed by atoms with van der Waals surface area (Å²) >= 11 is 0. The first-order valence-corrected chi connectivity index (χ1v) is 10.8. The number of nitriles is 1. The SMILES string of the molecule is CC1(C)C(=O)N(c2ccc(C#N)c(C(F)(F)F)c2)C(=O)N1Cc1cc(F)ccc1Nc1ccccc1. The Labute approximate surface area is 204 Å². The van der Waals surface area contributed by atoms with E-state index in [-0.39, 0.29) is 12.2 Å². The van der Waals surface area contributed by atoms with E-state index in [1.165, 1.54) is 43.0 Å². The second-order valence-electron chi connectivity index (χ2n) is 8.70. The van der Waals surface area contributed by atoms with E-state index in [0.717, 1.165) is 12.1 Å². The summed E-state index contributed by atoms with van der Waals surface area (Å²) in [4.78, 5) is 28.4. The summed E-state index contributed by atoms with van der Waals surface area (Å²) in [6.07, 6.45) is -4.86. The number of carbonyl (C=O) groups excluding carboxylic acids is 2. The molecule has 1 N–H and O–H groups in total. The van der Waals surface area contributed by atoms with Crippen molar-refractivity contribution >= 4 is 29.0 Å². The first-order valence-electron chi connectivity index (χ1n) is 10.8. The number of imide groups is 1. The molecule has 0 aromatic heterocycles. The van der Waals surface area contributed by atoms with E-state index < -0.39 is 40.6 Å². The number of nitrogens with one attached hydrogen (secondary N) is 1. The molecule has 3 aromatic rings. The lowest BCUT2D eigenvalue weighted by molar-refractivity contribution is -0.137. The minimum absolute atomic E-state index is 0.191. The van der Waals surface area contributed by atoms with Crippen LogP contribution in [-0.2, 0) is 17.5 Å². The molecule has 0 saturated carbocycles. The summed E-state index contributed by atoms with van der Waals surface area (Å²) in [6, 6.07) is 16.3. The summed E-state index contributed by atoms with van der Waals surface area (Å²) in [7, 11) is 0. The summed E-state index contributed by atoms with van der Waals surface area (Å²) in [5.74, 6) is -1.31. The zero-order valence-corrected chi connectivity index (χ0v) is 19.2. The van der Waals surface area contributed by atoms with Crippen molar-refractivity contribution in [2.24, 2.45) is 0 Å². The van der Waals surface area contributed by atoms with Crippen LogP contribution in [0.1, 0.15) is 30.5 Å². The molecule has 0 bridgehead atoms. The summed E-state index contributed by atoms with van der Waals surface area (Å²) < 4.78 is 54.6. The highest BCUT2D eigenvalue weighted by atomic mass is 19.4. The van der Waals surface area contributed by atoms with Crippen LogP contribution in [0.15, 0.2) is 66.7 Å². The number of para-hydroxylation sites is 1. The van der Waals surface area contributed by atoms with E-state index in [9.17, 15) is 27.2 Å². The van der Waals surface area contributed by atoms with Crippen LogP contribution in [-0.4, -0.2) is 22.4 Å². The third kappa shape index (κ3) is 4.47. The van der Waals surface area contributed by atoms with Gasteiger partial charge < -0.3 is 10.2 Å². The van der Waals surface area contributed by atoms with Crippen molar-refractivity contribution in [2.45, 2.75) is 32.1 Å². The number of hydrogen-bond acceptors (Lipinski definition) is 4. The van der Waals surface area contributed by atoms with Gasteiger partial charge in [0.15, 0.2) is 0 Å². The molecule has 1 heterocycles. The monoisotopic (exact) mass is 496 g/mol. The molecule has 36 heavy (non-hydrogen) atoms. The van der Waals surface area contributed by atoms with Crippen LogP contribution < -0.4 is 10.2 Å². The molecule has 10 heteroatoms. The van der Waals surface area contributed by atoms with E-state index in [4.69, 9.17) is 5.26 Å². The maximum Gasteiger partial charge on any atom is 0.417 e. The molecule has 1 fully saturated rings. The second kappa shape index (κ2) is 9.00. The molecule has 0 radical (unpaired) electrons. The molecule has 1 aliphatic rings. The van der Waals surface area contributed by atoms with Gasteiger partial charge in [0.25, 0.3) is 5.91 Å². The Kier molecular flexibility index (Phi) is 6.18. The Hall–Kier alpha value is -4.39. The molecule has 1 saturated heterocycles. The van der Waals surface area contributed by atoms with Crippen LogP contribution in [0.3, 0.4) is 0 Å². The number of rotatable bonds is 5. The normalized spacial score (nSPS) is 15.2. The van der Waals surface area contributed by atoms with Gasteiger partial charge in [-0.05, 0) is 67.9 Å². The molecular formula is C26H20F4N4O2. The molecular weight excluding hydrogens is 476 g/mol. The molecule has 0 unspecified atom stereocenters. The number of anilines is 3. The molecule has 6 nitrogen and oxygen atoms in total. The van der Waals surface area contributed by atoms with Gasteiger partial charge in [-0.2, -0.15) is 18.4 Å². The van der Waals surface area contributed by atoms with Gasteiger partial charge in [0.1, 0.15) is 11.4 Å². The molecule has 0 spiro atoms. The van der Waals surface area contributed by atoms with E-state index >= 15 is 0 Å². The lowest BCUT2D eigenvalue weighted by Gasteiger charge is -2.28. The predicted molar refractivity (Wildman–Crippen MR) is 125 cm³/mol. The molecule has 3 aromatic carbocycles. The smallest absolute Gasteiger partial charge is 0.355 e. The van der Waals surface area contributed by atoms with Gasteiger partial charge in [0, 0.05) is 11.4 Å². The van der Waals surface area contributed by atoms with Gasteiger partial charge in [-0.3, -0.25) is 4.79 Å². The van der Waals surface area contributed by atoms with E-state index in [0.29, 0.717) is 27.9 Å². The van der Waals surface area contributed by atoms with Crippen molar-refractivity contribution in [3.63, 3.8) is 0 Å². The summed E-state index contributed by atoms with van der Waals surface area (Å²) in [6.45, 7) is 2.74. The van der Waals surface area contributed by atoms with E-state index in [1.807, 2.05) is 18.2 Å². The highest BCUT2D eigenvalue weighted by molar-refractivity contribution is 6.23. The topological polar surface area (TPSA) is 76.4 Å². The average Bonchev–Trinajstić information content (AvgIpc) is 2.99. The van der Waals surface area contributed by atoms with Crippen LogP contribution in [0.25, 0.3) is 0 Å². The van der Waals surface area contributed by atoms with Gasteiger partial charge in [0.05, 0.1) is 29.4 Å². The summed E-state index contributed by atoms with van der Waals surface area (Å²) in [5, 5.41) is 12.2. The van der Waals surface area contributed by atoms with Gasteiger partial charge in [-0.15, -0.1) is 0 Å². The summed E-state index contributed by atoms with van der Waals surface area (Å²) in [5.41, 5.74) is -2.06. The van der Waals surface area contributed by atoms with E-state index in [1.54, 1.807) is 12.1 Å². The Morgan fingerprint density at radius 1 is 1.00 bits per heavy atom. The largest absolute Gasteiger partial charge is 0.417 e. The Balaban J connectivity index is 1.71. The van der Waals surface area contributed by atoms with Crippen LogP contribution in [0.4, 0.5) is 39.4 Å². The molecule has 1 aliphatic heterocycles. The predicted octanol–water partition coefficient (Wildman–Crippen LogP) is 6.21. The van der Waals surface area contributed by atoms with Crippen molar-refractivity contribution in [1.82, 2.24) is 4.90 Å². The Morgan fingerprint density at radius 2 is 1.69 bits per heavy atom. The fraction of sp³-hybridized carbons (Fsp3) is 0.192. The third-order valence-corrected chi connectivity index (χ3v) is 5.96. The maximum absolute atomic E-state index is 14.2. The van der Waals surface area contributed by atoms with Crippen LogP contribution in [0, 0.1) is 17.1 Å². The number of nitrogens with zero attached hydrogens (tertiary/aromatic N) is 3. The van der Waals surface area contributed by atoms with Gasteiger partial charge in [-0.1, -0.05) is 18.2 Å². The molecule has 184 valence electrons. The number of carbonyl (C=O) groups is 2. The first-order chi connectivity index (χ1) is 16.9. The lowest BCUT2D eigenvalue weighted by Crippen LogP contribution is -2.43. The van der Waals surface area contributed by atoms with Crippen molar-refractivity contribution in [2.75, 3.05) is 10.2 Å². The molecule has 4 rings (SSSR count). The fourth-order valence-electron chi connectivity index (χ4n) is 3.99. The average molecular weight is 496 g/mol. The van der Waals surface area contributed by atoms with Crippen molar-refractivity contribution in [3.05, 3.63) is 89.2 Å². The van der Waals surface area contributed by atoms with Crippen molar-refractivity contribution in [3.8, 4) is 6.07 Å². The fourth-order valence-corrected chi connectivity index (χ4v) is 3.99. The zero-order chi connectivity index (χ0) is 26.3. The Bertz CT molecular complexity index is 1380. The van der Waals surface area contributed by atoms with Crippen LogP contribution in [0.5, 0.6) is 0 Å². The standard InChI is InChI=1S/C26H20F4N4O2/c1-25(2)23(35)34(20-10-8-16(14-31)21(13-20)26(28,29)30)24(36)33(25)15-17-12-18(27)9-11-22(17)32-19-6-4-3-5-7-19/h3-13,32H,15H2,1-2H3. The maximum atomic E-state index is 14.2. The second-order valence-corrected chi connectivity index (χ2v) is 8.70. The number of halogens is 4. The minimum atomic E-state index is -4.86. The first kappa shape index (κ1) is 24.7. The highest BCUT2D eigenvalue weighted by Crippen LogP contribution is 2.38. The molecule has 3 amide bonds. The number of alkyl halides is 3. The van der Waals surface area contributed by atoms with Crippen molar-refractivity contribution in [1.29, 1.82) is 5.26 Å².